The largest absolute Gasteiger partial charge is 0.370 e. The first-order valence-electron chi connectivity index (χ1n) is 6.75. The number of rotatable bonds is 4. The van der Waals surface area contributed by atoms with Crippen molar-refractivity contribution in [1.82, 2.24) is 15.3 Å². The van der Waals surface area contributed by atoms with Gasteiger partial charge in [-0.1, -0.05) is 29.3 Å². The topological polar surface area (TPSA) is 76.2 Å². The molecule has 1 atom stereocenters. The van der Waals surface area contributed by atoms with Crippen molar-refractivity contribution in [2.24, 2.45) is 10.7 Å². The standard InChI is InChI=1S/C15H17Cl2N5/c1-9(13-4-3-11(16)7-14(13)17)21-15(18)20-8-12-5-6-19-10(2)22-12/h3-7,9H,8H2,1-2H3,(H3,18,20,21). The highest BCUT2D eigenvalue weighted by molar-refractivity contribution is 6.35. The fourth-order valence-corrected chi connectivity index (χ4v) is 2.53. The fraction of sp³-hybridized carbons (Fsp3) is 0.267. The molecule has 0 saturated carbocycles. The van der Waals surface area contributed by atoms with Crippen LogP contribution in [0, 0.1) is 6.92 Å². The van der Waals surface area contributed by atoms with Gasteiger partial charge in [0, 0.05) is 16.2 Å². The number of guanidine groups is 1. The lowest BCUT2D eigenvalue weighted by Crippen LogP contribution is -2.34. The molecule has 0 aliphatic carbocycles. The first-order valence-corrected chi connectivity index (χ1v) is 7.51. The van der Waals surface area contributed by atoms with Crippen molar-refractivity contribution in [2.45, 2.75) is 26.4 Å². The Balaban J connectivity index is 2.01. The van der Waals surface area contributed by atoms with Crippen molar-refractivity contribution in [3.63, 3.8) is 0 Å². The molecule has 1 unspecified atom stereocenters. The van der Waals surface area contributed by atoms with Crippen LogP contribution in [0.3, 0.4) is 0 Å². The molecule has 0 saturated heterocycles. The second-order valence-electron chi connectivity index (χ2n) is 4.83. The zero-order valence-electron chi connectivity index (χ0n) is 12.3. The molecule has 0 radical (unpaired) electrons. The number of nitrogens with two attached hydrogens (primary N) is 1. The number of aliphatic imine (C=N–C) groups is 1. The van der Waals surface area contributed by atoms with Crippen molar-refractivity contribution >= 4 is 29.2 Å². The highest BCUT2D eigenvalue weighted by Gasteiger charge is 2.10. The average Bonchev–Trinajstić information content (AvgIpc) is 2.45. The lowest BCUT2D eigenvalue weighted by molar-refractivity contribution is 0.707. The zero-order valence-corrected chi connectivity index (χ0v) is 13.9. The number of hydrogen-bond acceptors (Lipinski definition) is 3. The molecule has 0 aliphatic rings. The van der Waals surface area contributed by atoms with Gasteiger partial charge in [-0.05, 0) is 37.6 Å². The van der Waals surface area contributed by atoms with Crippen LogP contribution >= 0.6 is 23.2 Å². The van der Waals surface area contributed by atoms with Gasteiger partial charge in [-0.25, -0.2) is 15.0 Å². The van der Waals surface area contributed by atoms with Gasteiger partial charge in [-0.3, -0.25) is 0 Å². The second-order valence-corrected chi connectivity index (χ2v) is 5.67. The first kappa shape index (κ1) is 16.5. The van der Waals surface area contributed by atoms with Gasteiger partial charge in [-0.15, -0.1) is 0 Å². The summed E-state index contributed by atoms with van der Waals surface area (Å²) < 4.78 is 0. The molecule has 5 nitrogen and oxygen atoms in total. The zero-order chi connectivity index (χ0) is 16.1. The van der Waals surface area contributed by atoms with Gasteiger partial charge < -0.3 is 11.1 Å². The second kappa shape index (κ2) is 7.42. The summed E-state index contributed by atoms with van der Waals surface area (Å²) >= 11 is 12.1. The van der Waals surface area contributed by atoms with Gasteiger partial charge in [0.15, 0.2) is 5.96 Å². The third-order valence-corrected chi connectivity index (χ3v) is 3.60. The van der Waals surface area contributed by atoms with Crippen LogP contribution in [0.15, 0.2) is 35.5 Å². The molecule has 22 heavy (non-hydrogen) atoms. The highest BCUT2D eigenvalue weighted by atomic mass is 35.5. The molecule has 0 fully saturated rings. The molecule has 0 amide bonds. The SMILES string of the molecule is Cc1nccc(CN=C(N)NC(C)c2ccc(Cl)cc2Cl)n1. The first-order chi connectivity index (χ1) is 10.5. The number of benzene rings is 1. The van der Waals surface area contributed by atoms with Crippen LogP contribution in [0.4, 0.5) is 0 Å². The molecule has 1 heterocycles. The van der Waals surface area contributed by atoms with E-state index in [1.54, 1.807) is 18.3 Å². The number of halogens is 2. The van der Waals surface area contributed by atoms with E-state index >= 15 is 0 Å². The van der Waals surface area contributed by atoms with Gasteiger partial charge in [0.05, 0.1) is 18.3 Å². The molecule has 1 aromatic carbocycles. The Morgan fingerprint density at radius 3 is 2.82 bits per heavy atom. The third-order valence-electron chi connectivity index (χ3n) is 3.04. The minimum atomic E-state index is -0.0827. The van der Waals surface area contributed by atoms with Crippen molar-refractivity contribution in [3.8, 4) is 0 Å². The molecule has 3 N–H and O–H groups in total. The van der Waals surface area contributed by atoms with Crippen LogP contribution in [0.25, 0.3) is 0 Å². The minimum Gasteiger partial charge on any atom is -0.370 e. The number of nitrogens with zero attached hydrogens (tertiary/aromatic N) is 3. The maximum absolute atomic E-state index is 6.18. The molecule has 7 heteroatoms. The minimum absolute atomic E-state index is 0.0827. The molecule has 0 spiro atoms. The normalized spacial score (nSPS) is 13.0. The average molecular weight is 338 g/mol. The summed E-state index contributed by atoms with van der Waals surface area (Å²) in [6.07, 6.45) is 1.70. The van der Waals surface area contributed by atoms with E-state index in [1.165, 1.54) is 0 Å². The molecular weight excluding hydrogens is 321 g/mol. The van der Waals surface area contributed by atoms with Crippen molar-refractivity contribution in [1.29, 1.82) is 0 Å². The van der Waals surface area contributed by atoms with E-state index in [0.717, 1.165) is 11.3 Å². The summed E-state index contributed by atoms with van der Waals surface area (Å²) in [5, 5.41) is 4.29. The fourth-order valence-electron chi connectivity index (χ4n) is 1.96. The van der Waals surface area contributed by atoms with Gasteiger partial charge in [0.25, 0.3) is 0 Å². The van der Waals surface area contributed by atoms with Crippen LogP contribution in [-0.4, -0.2) is 15.9 Å². The Bertz CT molecular complexity index is 687. The summed E-state index contributed by atoms with van der Waals surface area (Å²) in [5.41, 5.74) is 7.62. The van der Waals surface area contributed by atoms with Crippen LogP contribution in [-0.2, 0) is 6.54 Å². The molecular formula is C15H17Cl2N5. The van der Waals surface area contributed by atoms with E-state index in [0.29, 0.717) is 28.4 Å². The number of hydrogen-bond donors (Lipinski definition) is 2. The molecule has 2 rings (SSSR count). The monoisotopic (exact) mass is 337 g/mol. The van der Waals surface area contributed by atoms with Gasteiger partial charge in [0.2, 0.25) is 0 Å². The number of aryl methyl sites for hydroxylation is 1. The maximum Gasteiger partial charge on any atom is 0.189 e. The maximum atomic E-state index is 6.18. The van der Waals surface area contributed by atoms with Crippen molar-refractivity contribution in [2.75, 3.05) is 0 Å². The predicted octanol–water partition coefficient (Wildman–Crippen LogP) is 3.26. The Morgan fingerprint density at radius 1 is 1.36 bits per heavy atom. The summed E-state index contributed by atoms with van der Waals surface area (Å²) in [6.45, 7) is 4.18. The Morgan fingerprint density at radius 2 is 2.14 bits per heavy atom. The Hall–Kier alpha value is -1.85. The Labute approximate surface area is 139 Å². The third kappa shape index (κ3) is 4.58. The summed E-state index contributed by atoms with van der Waals surface area (Å²) in [7, 11) is 0. The van der Waals surface area contributed by atoms with Crippen molar-refractivity contribution in [3.05, 3.63) is 57.6 Å². The quantitative estimate of drug-likeness (QED) is 0.663. The van der Waals surface area contributed by atoms with E-state index in [-0.39, 0.29) is 6.04 Å². The van der Waals surface area contributed by atoms with Gasteiger partial charge in [-0.2, -0.15) is 0 Å². The van der Waals surface area contributed by atoms with E-state index in [1.807, 2.05) is 26.0 Å². The van der Waals surface area contributed by atoms with E-state index in [9.17, 15) is 0 Å². The van der Waals surface area contributed by atoms with E-state index < -0.39 is 0 Å². The van der Waals surface area contributed by atoms with E-state index in [2.05, 4.69) is 20.3 Å². The van der Waals surface area contributed by atoms with Gasteiger partial charge >= 0.3 is 0 Å². The lowest BCUT2D eigenvalue weighted by atomic mass is 10.1. The van der Waals surface area contributed by atoms with Crippen molar-refractivity contribution < 1.29 is 0 Å². The molecule has 1 aromatic heterocycles. The molecule has 2 aromatic rings. The summed E-state index contributed by atoms with van der Waals surface area (Å²) in [5.74, 6) is 1.04. The van der Waals surface area contributed by atoms with Crippen LogP contribution in [0.2, 0.25) is 10.0 Å². The summed E-state index contributed by atoms with van der Waals surface area (Å²) in [4.78, 5) is 12.6. The van der Waals surface area contributed by atoms with E-state index in [4.69, 9.17) is 28.9 Å². The van der Waals surface area contributed by atoms with Crippen LogP contribution < -0.4 is 11.1 Å². The smallest absolute Gasteiger partial charge is 0.189 e. The lowest BCUT2D eigenvalue weighted by Gasteiger charge is -2.16. The van der Waals surface area contributed by atoms with Crippen LogP contribution in [0.5, 0.6) is 0 Å². The Kier molecular flexibility index (Phi) is 5.57. The number of nitrogens with one attached hydrogen (secondary N) is 1. The molecule has 0 aliphatic heterocycles. The van der Waals surface area contributed by atoms with Gasteiger partial charge in [0.1, 0.15) is 5.82 Å². The highest BCUT2D eigenvalue weighted by Crippen LogP contribution is 2.25. The molecule has 0 bridgehead atoms. The predicted molar refractivity (Wildman–Crippen MR) is 90.1 cm³/mol. The molecule has 116 valence electrons. The van der Waals surface area contributed by atoms with Crippen LogP contribution in [0.1, 0.15) is 30.0 Å². The summed E-state index contributed by atoms with van der Waals surface area (Å²) in [6, 6.07) is 7.08. The number of aromatic nitrogens is 2.